The smallest absolute Gasteiger partial charge is 0.329 e. The number of amides is 3. The van der Waals surface area contributed by atoms with Crippen LogP contribution in [0.25, 0.3) is 22.3 Å². The molecule has 2 aliphatic heterocycles. The molecule has 44 heavy (non-hydrogen) atoms. The van der Waals surface area contributed by atoms with Crippen molar-refractivity contribution in [3.8, 4) is 23.0 Å². The Balaban J connectivity index is 1.33. The number of aromatic nitrogens is 2. The van der Waals surface area contributed by atoms with Gasteiger partial charge in [0.1, 0.15) is 23.4 Å². The molecule has 2 saturated heterocycles. The summed E-state index contributed by atoms with van der Waals surface area (Å²) < 4.78 is 12.1. The molecule has 3 fully saturated rings. The van der Waals surface area contributed by atoms with Gasteiger partial charge in [0.15, 0.2) is 5.82 Å². The standard InChI is InChI=1S/C33H39N5O6/c1-20-15-24-25(17-27(20)43-3)34-28(21-11-7-6-8-12-21)35-30(24)44-23-16-26-29(39)36-33(31(40)41)18-22(33)13-9-4-5-10-14-37(2)32(42)38(26)19-23/h6-8,11-12,15,17,22-23,26H,4-5,9-10,13-14,16,18-19H2,1-3H3,(H,36,39)(H,40,41)/t22-,23-,26+,33-/m1/s1. The highest BCUT2D eigenvalue weighted by Crippen LogP contribution is 2.47. The third kappa shape index (κ3) is 5.62. The molecule has 1 saturated carbocycles. The van der Waals surface area contributed by atoms with Gasteiger partial charge in [-0.25, -0.2) is 14.6 Å². The molecule has 3 aliphatic rings. The fourth-order valence-corrected chi connectivity index (χ4v) is 6.62. The van der Waals surface area contributed by atoms with Crippen LogP contribution in [0.3, 0.4) is 0 Å². The molecule has 0 bridgehead atoms. The number of rotatable bonds is 5. The van der Waals surface area contributed by atoms with Crippen LogP contribution >= 0.6 is 0 Å². The van der Waals surface area contributed by atoms with Gasteiger partial charge in [0.25, 0.3) is 0 Å². The van der Waals surface area contributed by atoms with E-state index in [1.807, 2.05) is 49.4 Å². The molecule has 3 heterocycles. The van der Waals surface area contributed by atoms with Gasteiger partial charge in [-0.05, 0) is 43.7 Å². The van der Waals surface area contributed by atoms with E-state index in [1.54, 1.807) is 19.1 Å². The number of nitrogens with one attached hydrogen (secondary N) is 1. The number of carbonyl (C=O) groups is 3. The number of carboxylic acids is 1. The summed E-state index contributed by atoms with van der Waals surface area (Å²) in [6.07, 6.45) is 4.49. The van der Waals surface area contributed by atoms with Gasteiger partial charge in [-0.3, -0.25) is 4.79 Å². The summed E-state index contributed by atoms with van der Waals surface area (Å²) in [7, 11) is 3.35. The molecule has 1 aliphatic carbocycles. The van der Waals surface area contributed by atoms with Gasteiger partial charge in [-0.15, -0.1) is 0 Å². The second-order valence-corrected chi connectivity index (χ2v) is 12.3. The SMILES string of the molecule is COc1cc2nc(-c3ccccc3)nc(O[C@@H]3C[C@H]4C(=O)N[C@]5(C(=O)O)C[C@H]5CCCCCCN(C)C(=O)N4C3)c2cc1C. The lowest BCUT2D eigenvalue weighted by molar-refractivity contribution is -0.144. The molecule has 2 aromatic carbocycles. The zero-order valence-corrected chi connectivity index (χ0v) is 25.4. The lowest BCUT2D eigenvalue weighted by Gasteiger charge is -2.30. The topological polar surface area (TPSA) is 134 Å². The minimum atomic E-state index is -1.27. The third-order valence-corrected chi connectivity index (χ3v) is 9.25. The van der Waals surface area contributed by atoms with Crippen molar-refractivity contribution in [2.24, 2.45) is 5.92 Å². The first-order valence-corrected chi connectivity index (χ1v) is 15.4. The first-order chi connectivity index (χ1) is 21.2. The van der Waals surface area contributed by atoms with Crippen LogP contribution in [0.2, 0.25) is 0 Å². The van der Waals surface area contributed by atoms with E-state index in [2.05, 4.69) is 5.32 Å². The summed E-state index contributed by atoms with van der Waals surface area (Å²) in [6.45, 7) is 2.67. The molecule has 2 N–H and O–H groups in total. The van der Waals surface area contributed by atoms with Gasteiger partial charge in [-0.1, -0.05) is 49.6 Å². The molecular weight excluding hydrogens is 562 g/mol. The maximum absolute atomic E-state index is 13.7. The summed E-state index contributed by atoms with van der Waals surface area (Å²) in [5.41, 5.74) is 1.07. The minimum Gasteiger partial charge on any atom is -0.496 e. The molecule has 1 aromatic heterocycles. The maximum Gasteiger partial charge on any atom is 0.329 e. The first kappa shape index (κ1) is 29.7. The van der Waals surface area contributed by atoms with Crippen molar-refractivity contribution < 1.29 is 29.0 Å². The van der Waals surface area contributed by atoms with Crippen molar-refractivity contribution in [3.05, 3.63) is 48.0 Å². The Morgan fingerprint density at radius 3 is 2.61 bits per heavy atom. The highest BCUT2D eigenvalue weighted by atomic mass is 16.5. The molecule has 6 rings (SSSR count). The molecule has 232 valence electrons. The van der Waals surface area contributed by atoms with Crippen LogP contribution in [0.5, 0.6) is 11.6 Å². The van der Waals surface area contributed by atoms with Crippen molar-refractivity contribution in [1.29, 1.82) is 0 Å². The van der Waals surface area contributed by atoms with Gasteiger partial charge in [0.2, 0.25) is 11.8 Å². The van der Waals surface area contributed by atoms with Crippen LogP contribution in [0.15, 0.2) is 42.5 Å². The molecule has 0 radical (unpaired) electrons. The Hall–Kier alpha value is -4.41. The first-order valence-electron chi connectivity index (χ1n) is 15.4. The van der Waals surface area contributed by atoms with Crippen LogP contribution < -0.4 is 14.8 Å². The Bertz CT molecular complexity index is 1580. The van der Waals surface area contributed by atoms with Crippen LogP contribution in [0, 0.1) is 12.8 Å². The Morgan fingerprint density at radius 2 is 1.86 bits per heavy atom. The lowest BCUT2D eigenvalue weighted by Crippen LogP contribution is -2.54. The third-order valence-electron chi connectivity index (χ3n) is 9.25. The number of urea groups is 1. The van der Waals surface area contributed by atoms with E-state index in [0.29, 0.717) is 41.3 Å². The average Bonchev–Trinajstić information content (AvgIpc) is 3.56. The quantitative estimate of drug-likeness (QED) is 0.439. The monoisotopic (exact) mass is 601 g/mol. The number of nitrogens with zero attached hydrogens (tertiary/aromatic N) is 4. The molecular formula is C33H39N5O6. The summed E-state index contributed by atoms with van der Waals surface area (Å²) in [5, 5.41) is 13.6. The van der Waals surface area contributed by atoms with Crippen molar-refractivity contribution in [3.63, 3.8) is 0 Å². The summed E-state index contributed by atoms with van der Waals surface area (Å²) in [5.74, 6) is -0.0629. The molecule has 0 spiro atoms. The number of aliphatic carboxylic acids is 1. The normalized spacial score (nSPS) is 25.9. The molecule has 3 aromatic rings. The highest BCUT2D eigenvalue weighted by molar-refractivity contribution is 5.94. The van der Waals surface area contributed by atoms with Crippen LogP contribution in [-0.2, 0) is 9.59 Å². The van der Waals surface area contributed by atoms with Crippen molar-refractivity contribution in [2.45, 2.75) is 69.6 Å². The second kappa shape index (κ2) is 11.9. The Labute approximate surface area is 256 Å². The molecule has 11 nitrogen and oxygen atoms in total. The highest BCUT2D eigenvalue weighted by Gasteiger charge is 2.62. The number of hydrogen-bond donors (Lipinski definition) is 2. The van der Waals surface area contributed by atoms with Crippen molar-refractivity contribution in [2.75, 3.05) is 27.2 Å². The van der Waals surface area contributed by atoms with Gasteiger partial charge >= 0.3 is 12.0 Å². The van der Waals surface area contributed by atoms with Crippen molar-refractivity contribution >= 4 is 28.8 Å². The van der Waals surface area contributed by atoms with E-state index < -0.39 is 29.6 Å². The Morgan fingerprint density at radius 1 is 1.09 bits per heavy atom. The summed E-state index contributed by atoms with van der Waals surface area (Å²) in [6, 6.07) is 12.2. The van der Waals surface area contributed by atoms with Crippen LogP contribution in [-0.4, -0.2) is 87.7 Å². The van der Waals surface area contributed by atoms with E-state index in [1.165, 1.54) is 4.90 Å². The van der Waals surface area contributed by atoms with Gasteiger partial charge in [0, 0.05) is 31.6 Å². The van der Waals surface area contributed by atoms with E-state index >= 15 is 0 Å². The molecule has 3 amide bonds. The number of carboxylic acid groups (broad SMARTS) is 1. The predicted octanol–water partition coefficient (Wildman–Crippen LogP) is 4.41. The summed E-state index contributed by atoms with van der Waals surface area (Å²) >= 11 is 0. The average molecular weight is 602 g/mol. The fourth-order valence-electron chi connectivity index (χ4n) is 6.62. The lowest BCUT2D eigenvalue weighted by atomic mass is 10.0. The van der Waals surface area contributed by atoms with Gasteiger partial charge in [0.05, 0.1) is 24.6 Å². The molecule has 0 unspecified atom stereocenters. The van der Waals surface area contributed by atoms with E-state index in [0.717, 1.165) is 43.2 Å². The fraction of sp³-hybridized carbons (Fsp3) is 0.485. The number of carbonyl (C=O) groups excluding carboxylic acids is 2. The Kier molecular flexibility index (Phi) is 8.04. The minimum absolute atomic E-state index is 0.101. The van der Waals surface area contributed by atoms with Crippen LogP contribution in [0.4, 0.5) is 4.79 Å². The van der Waals surface area contributed by atoms with Gasteiger partial charge < -0.3 is 29.7 Å². The van der Waals surface area contributed by atoms with E-state index in [-0.39, 0.29) is 24.9 Å². The van der Waals surface area contributed by atoms with Crippen LogP contribution in [0.1, 0.15) is 50.5 Å². The number of fused-ring (bicyclic) bond motifs is 3. The number of hydrogen-bond acceptors (Lipinski definition) is 7. The number of ether oxygens (including phenoxy) is 2. The van der Waals surface area contributed by atoms with Gasteiger partial charge in [-0.2, -0.15) is 4.98 Å². The van der Waals surface area contributed by atoms with Crippen molar-refractivity contribution in [1.82, 2.24) is 25.1 Å². The molecule has 11 heteroatoms. The predicted molar refractivity (Wildman–Crippen MR) is 164 cm³/mol. The largest absolute Gasteiger partial charge is 0.496 e. The molecule has 4 atom stereocenters. The van der Waals surface area contributed by atoms with E-state index in [4.69, 9.17) is 19.4 Å². The number of aryl methyl sites for hydroxylation is 1. The second-order valence-electron chi connectivity index (χ2n) is 12.3. The number of methoxy groups -OCH3 is 1. The maximum atomic E-state index is 13.7. The zero-order chi connectivity index (χ0) is 31.0. The summed E-state index contributed by atoms with van der Waals surface area (Å²) in [4.78, 5) is 52.5. The number of benzene rings is 2. The van der Waals surface area contributed by atoms with E-state index in [9.17, 15) is 19.5 Å². The zero-order valence-electron chi connectivity index (χ0n) is 25.4.